The normalized spacial score (nSPS) is 21.5. The van der Waals surface area contributed by atoms with Crippen LogP contribution in [-0.2, 0) is 14.3 Å². The Kier molecular flexibility index (Phi) is 6.35. The molecule has 2 heterocycles. The van der Waals surface area contributed by atoms with Gasteiger partial charge >= 0.3 is 0 Å². The van der Waals surface area contributed by atoms with Crippen LogP contribution in [0.2, 0.25) is 0 Å². The van der Waals surface area contributed by atoms with E-state index in [9.17, 15) is 9.59 Å². The maximum absolute atomic E-state index is 13.3. The van der Waals surface area contributed by atoms with Gasteiger partial charge < -0.3 is 24.6 Å². The molecule has 0 spiro atoms. The molecule has 0 bridgehead atoms. The van der Waals surface area contributed by atoms with Gasteiger partial charge in [0.25, 0.3) is 5.91 Å². The standard InChI is InChI=1S/C22H31N3O4/c1-28-12-3-2-11-24-19-13-18(8-9-20(19)29-15-21(24)26)25(17-6-7-17)22(27)16-5-4-10-23-14-16/h8-9,13,16-17,23H,2-7,10-12,14-15H2,1H3. The Morgan fingerprint density at radius 2 is 2.17 bits per heavy atom. The minimum Gasteiger partial charge on any atom is -0.482 e. The van der Waals surface area contributed by atoms with Crippen molar-refractivity contribution in [1.82, 2.24) is 5.32 Å². The maximum Gasteiger partial charge on any atom is 0.265 e. The van der Waals surface area contributed by atoms with E-state index < -0.39 is 0 Å². The Morgan fingerprint density at radius 3 is 2.90 bits per heavy atom. The number of benzene rings is 1. The Balaban J connectivity index is 1.56. The predicted molar refractivity (Wildman–Crippen MR) is 112 cm³/mol. The maximum atomic E-state index is 13.3. The summed E-state index contributed by atoms with van der Waals surface area (Å²) in [5.41, 5.74) is 1.65. The first kappa shape index (κ1) is 20.2. The molecule has 2 aliphatic heterocycles. The van der Waals surface area contributed by atoms with Gasteiger partial charge in [0.2, 0.25) is 5.91 Å². The molecule has 1 N–H and O–H groups in total. The van der Waals surface area contributed by atoms with E-state index >= 15 is 0 Å². The zero-order valence-electron chi connectivity index (χ0n) is 17.2. The zero-order chi connectivity index (χ0) is 20.2. The van der Waals surface area contributed by atoms with Crippen LogP contribution in [0.15, 0.2) is 18.2 Å². The van der Waals surface area contributed by atoms with Crippen LogP contribution in [0.4, 0.5) is 11.4 Å². The fourth-order valence-corrected chi connectivity index (χ4v) is 4.21. The lowest BCUT2D eigenvalue weighted by atomic mass is 9.97. The van der Waals surface area contributed by atoms with Crippen LogP contribution in [0.3, 0.4) is 0 Å². The molecule has 1 unspecified atom stereocenters. The van der Waals surface area contributed by atoms with Gasteiger partial charge in [-0.3, -0.25) is 9.59 Å². The second-order valence-corrected chi connectivity index (χ2v) is 8.17. The summed E-state index contributed by atoms with van der Waals surface area (Å²) in [5, 5.41) is 3.35. The van der Waals surface area contributed by atoms with E-state index in [4.69, 9.17) is 9.47 Å². The zero-order valence-corrected chi connectivity index (χ0v) is 17.2. The molecule has 158 valence electrons. The van der Waals surface area contributed by atoms with E-state index in [1.807, 2.05) is 23.1 Å². The highest BCUT2D eigenvalue weighted by Gasteiger charge is 2.38. The molecule has 1 aromatic rings. The SMILES string of the molecule is COCCCCN1C(=O)COc2ccc(N(C(=O)C3CCCNC3)C3CC3)cc21. The van der Waals surface area contributed by atoms with E-state index in [1.54, 1.807) is 12.0 Å². The smallest absolute Gasteiger partial charge is 0.265 e. The lowest BCUT2D eigenvalue weighted by Crippen LogP contribution is -2.44. The molecule has 7 heteroatoms. The Hall–Kier alpha value is -2.12. The molecule has 2 amide bonds. The van der Waals surface area contributed by atoms with Crippen LogP contribution in [0.5, 0.6) is 5.75 Å². The molecular weight excluding hydrogens is 370 g/mol. The Morgan fingerprint density at radius 1 is 1.31 bits per heavy atom. The third kappa shape index (κ3) is 4.56. The lowest BCUT2D eigenvalue weighted by Gasteiger charge is -2.33. The van der Waals surface area contributed by atoms with Crippen molar-refractivity contribution in [3.05, 3.63) is 18.2 Å². The van der Waals surface area contributed by atoms with Crippen molar-refractivity contribution in [1.29, 1.82) is 0 Å². The molecule has 1 aromatic carbocycles. The highest BCUT2D eigenvalue weighted by molar-refractivity contribution is 6.01. The van der Waals surface area contributed by atoms with Gasteiger partial charge in [-0.05, 0) is 63.3 Å². The molecule has 1 atom stereocenters. The topological polar surface area (TPSA) is 71.1 Å². The van der Waals surface area contributed by atoms with Crippen molar-refractivity contribution < 1.29 is 19.1 Å². The number of fused-ring (bicyclic) bond motifs is 1. The fraction of sp³-hybridized carbons (Fsp3) is 0.636. The molecule has 7 nitrogen and oxygen atoms in total. The number of unbranched alkanes of at least 4 members (excludes halogenated alkanes) is 1. The summed E-state index contributed by atoms with van der Waals surface area (Å²) in [6.07, 6.45) is 5.82. The van der Waals surface area contributed by atoms with Crippen LogP contribution in [0.1, 0.15) is 38.5 Å². The molecule has 1 aliphatic carbocycles. The number of nitrogens with zero attached hydrogens (tertiary/aromatic N) is 2. The van der Waals surface area contributed by atoms with Gasteiger partial charge in [0, 0.05) is 38.5 Å². The molecule has 2 fully saturated rings. The van der Waals surface area contributed by atoms with Crippen LogP contribution >= 0.6 is 0 Å². The van der Waals surface area contributed by atoms with E-state index in [0.29, 0.717) is 18.9 Å². The number of carbonyl (C=O) groups excluding carboxylic acids is 2. The minimum atomic E-state index is -0.0344. The molecule has 1 saturated heterocycles. The number of ether oxygens (including phenoxy) is 2. The average molecular weight is 402 g/mol. The van der Waals surface area contributed by atoms with Crippen molar-refractivity contribution >= 4 is 23.2 Å². The number of hydrogen-bond acceptors (Lipinski definition) is 5. The van der Waals surface area contributed by atoms with Gasteiger partial charge in [0.05, 0.1) is 11.6 Å². The number of carbonyl (C=O) groups is 2. The minimum absolute atomic E-state index is 0.0309. The third-order valence-electron chi connectivity index (χ3n) is 5.94. The number of rotatable bonds is 8. The molecule has 0 aromatic heterocycles. The highest BCUT2D eigenvalue weighted by atomic mass is 16.5. The summed E-state index contributed by atoms with van der Waals surface area (Å²) in [6, 6.07) is 6.11. The molecule has 29 heavy (non-hydrogen) atoms. The third-order valence-corrected chi connectivity index (χ3v) is 5.94. The molecule has 0 radical (unpaired) electrons. The second-order valence-electron chi connectivity index (χ2n) is 8.17. The quantitative estimate of drug-likeness (QED) is 0.677. The monoisotopic (exact) mass is 401 g/mol. The highest BCUT2D eigenvalue weighted by Crippen LogP contribution is 2.40. The van der Waals surface area contributed by atoms with Crippen LogP contribution in [-0.4, -0.2) is 57.8 Å². The second kappa shape index (κ2) is 9.13. The van der Waals surface area contributed by atoms with Crippen LogP contribution in [0.25, 0.3) is 0 Å². The number of hydrogen-bond donors (Lipinski definition) is 1. The summed E-state index contributed by atoms with van der Waals surface area (Å²) < 4.78 is 10.8. The van der Waals surface area contributed by atoms with Crippen molar-refractivity contribution in [2.75, 3.05) is 49.8 Å². The van der Waals surface area contributed by atoms with Crippen molar-refractivity contribution in [2.24, 2.45) is 5.92 Å². The lowest BCUT2D eigenvalue weighted by molar-refractivity contribution is -0.123. The van der Waals surface area contributed by atoms with E-state index in [2.05, 4.69) is 5.32 Å². The first-order valence-corrected chi connectivity index (χ1v) is 10.8. The van der Waals surface area contributed by atoms with Gasteiger partial charge in [0.15, 0.2) is 6.61 Å². The number of methoxy groups -OCH3 is 1. The summed E-state index contributed by atoms with van der Waals surface area (Å²) in [7, 11) is 1.69. The largest absolute Gasteiger partial charge is 0.482 e. The number of amides is 2. The van der Waals surface area contributed by atoms with Crippen LogP contribution < -0.4 is 19.9 Å². The number of nitrogens with one attached hydrogen (secondary N) is 1. The molecule has 1 saturated carbocycles. The summed E-state index contributed by atoms with van der Waals surface area (Å²) >= 11 is 0. The summed E-state index contributed by atoms with van der Waals surface area (Å²) in [5.74, 6) is 0.910. The van der Waals surface area contributed by atoms with E-state index in [-0.39, 0.29) is 30.4 Å². The first-order chi connectivity index (χ1) is 14.2. The van der Waals surface area contributed by atoms with Crippen LogP contribution in [0, 0.1) is 5.92 Å². The Labute approximate surface area is 172 Å². The number of anilines is 2. The van der Waals surface area contributed by atoms with Crippen molar-refractivity contribution in [3.63, 3.8) is 0 Å². The van der Waals surface area contributed by atoms with E-state index in [1.165, 1.54) is 0 Å². The van der Waals surface area contributed by atoms with Gasteiger partial charge in [-0.15, -0.1) is 0 Å². The van der Waals surface area contributed by atoms with Gasteiger partial charge in [-0.1, -0.05) is 0 Å². The summed E-state index contributed by atoms with van der Waals surface area (Å²) in [6.45, 7) is 3.12. The van der Waals surface area contributed by atoms with Crippen molar-refractivity contribution in [3.8, 4) is 5.75 Å². The molecular formula is C22H31N3O4. The fourth-order valence-electron chi connectivity index (χ4n) is 4.21. The predicted octanol–water partition coefficient (Wildman–Crippen LogP) is 2.33. The van der Waals surface area contributed by atoms with Gasteiger partial charge in [-0.2, -0.15) is 0 Å². The van der Waals surface area contributed by atoms with Gasteiger partial charge in [0.1, 0.15) is 5.75 Å². The Bertz CT molecular complexity index is 744. The molecule has 3 aliphatic rings. The van der Waals surface area contributed by atoms with E-state index in [0.717, 1.165) is 63.0 Å². The van der Waals surface area contributed by atoms with Crippen molar-refractivity contribution in [2.45, 2.75) is 44.6 Å². The van der Waals surface area contributed by atoms with Gasteiger partial charge in [-0.25, -0.2) is 0 Å². The number of piperidine rings is 1. The molecule has 4 rings (SSSR count). The summed E-state index contributed by atoms with van der Waals surface area (Å²) in [4.78, 5) is 29.6. The first-order valence-electron chi connectivity index (χ1n) is 10.8. The average Bonchev–Trinajstić information content (AvgIpc) is 3.58.